The molecule has 0 radical (unpaired) electrons. The minimum Gasteiger partial charge on any atom is -0.494 e. The van der Waals surface area contributed by atoms with Crippen molar-refractivity contribution < 1.29 is 19.5 Å². The Morgan fingerprint density at radius 3 is 2.67 bits per heavy atom. The number of hydroxylamine groups is 1. The van der Waals surface area contributed by atoms with E-state index in [0.29, 0.717) is 24.3 Å². The van der Waals surface area contributed by atoms with Crippen LogP contribution in [-0.2, 0) is 4.79 Å². The average molecular weight is 295 g/mol. The second kappa shape index (κ2) is 9.73. The smallest absolute Gasteiger partial charge is 0.265 e. The maximum atomic E-state index is 11.4. The summed E-state index contributed by atoms with van der Waals surface area (Å²) in [6.07, 6.45) is 3.74. The number of hydrogen-bond acceptors (Lipinski definition) is 5. The van der Waals surface area contributed by atoms with Gasteiger partial charge in [0, 0.05) is 12.0 Å². The third-order valence-corrected chi connectivity index (χ3v) is 2.92. The van der Waals surface area contributed by atoms with E-state index in [1.165, 1.54) is 0 Å². The molecule has 0 aliphatic heterocycles. The number of nitrogens with two attached hydrogens (primary N) is 1. The van der Waals surface area contributed by atoms with Crippen LogP contribution in [0.2, 0.25) is 0 Å². The van der Waals surface area contributed by atoms with E-state index in [0.717, 1.165) is 25.7 Å². The number of carbonyl (C=O) groups excluding carboxylic acids is 2. The molecule has 0 saturated heterocycles. The number of ether oxygens (including phenoxy) is 1. The van der Waals surface area contributed by atoms with Crippen LogP contribution < -0.4 is 21.5 Å². The molecule has 1 aromatic carbocycles. The van der Waals surface area contributed by atoms with Crippen LogP contribution in [0.4, 0.5) is 0 Å². The van der Waals surface area contributed by atoms with Crippen molar-refractivity contribution in [3.8, 4) is 5.75 Å². The van der Waals surface area contributed by atoms with E-state index >= 15 is 0 Å². The first-order valence-electron chi connectivity index (χ1n) is 6.84. The van der Waals surface area contributed by atoms with Crippen LogP contribution in [0.15, 0.2) is 24.3 Å². The van der Waals surface area contributed by atoms with Gasteiger partial charge in [0.05, 0.1) is 6.61 Å². The zero-order valence-electron chi connectivity index (χ0n) is 11.8. The van der Waals surface area contributed by atoms with Gasteiger partial charge in [0.1, 0.15) is 5.75 Å². The van der Waals surface area contributed by atoms with Gasteiger partial charge in [0.25, 0.3) is 5.91 Å². The molecular formula is C14H21N3O4. The summed E-state index contributed by atoms with van der Waals surface area (Å²) in [6, 6.07) is 6.79. The van der Waals surface area contributed by atoms with Gasteiger partial charge in [-0.3, -0.25) is 20.2 Å². The van der Waals surface area contributed by atoms with E-state index in [4.69, 9.17) is 15.8 Å². The Kier molecular flexibility index (Phi) is 7.85. The van der Waals surface area contributed by atoms with Gasteiger partial charge in [0.15, 0.2) is 0 Å². The number of nitrogen functional groups attached to an aromatic ring is 1. The van der Waals surface area contributed by atoms with E-state index in [1.54, 1.807) is 29.7 Å². The minimum absolute atomic E-state index is 0.327. The molecule has 1 rings (SSSR count). The van der Waals surface area contributed by atoms with Crippen molar-refractivity contribution in [1.82, 2.24) is 10.9 Å². The van der Waals surface area contributed by atoms with Crippen molar-refractivity contribution in [2.24, 2.45) is 5.84 Å². The molecule has 0 atom stereocenters. The molecule has 0 bridgehead atoms. The topological polar surface area (TPSA) is 114 Å². The number of hydrazine groups is 1. The van der Waals surface area contributed by atoms with E-state index in [-0.39, 0.29) is 11.8 Å². The summed E-state index contributed by atoms with van der Waals surface area (Å²) in [5.41, 5.74) is 4.12. The number of carbonyl (C=O) groups is 2. The Morgan fingerprint density at radius 1 is 1.19 bits per heavy atom. The number of nitrogens with one attached hydrogen (secondary N) is 2. The molecule has 7 nitrogen and oxygen atoms in total. The monoisotopic (exact) mass is 295 g/mol. The fourth-order valence-corrected chi connectivity index (χ4v) is 1.80. The fraction of sp³-hybridized carbons (Fsp3) is 0.429. The van der Waals surface area contributed by atoms with Gasteiger partial charge in [-0.15, -0.1) is 0 Å². The van der Waals surface area contributed by atoms with Crippen LogP contribution >= 0.6 is 0 Å². The van der Waals surface area contributed by atoms with Crippen LogP contribution in [0.5, 0.6) is 5.75 Å². The number of amides is 2. The summed E-state index contributed by atoms with van der Waals surface area (Å²) in [5, 5.41) is 8.33. The summed E-state index contributed by atoms with van der Waals surface area (Å²) >= 11 is 0. The highest BCUT2D eigenvalue weighted by molar-refractivity contribution is 5.94. The lowest BCUT2D eigenvalue weighted by atomic mass is 10.1. The first-order valence-corrected chi connectivity index (χ1v) is 6.84. The molecule has 0 heterocycles. The fourth-order valence-electron chi connectivity index (χ4n) is 1.80. The second-order valence-electron chi connectivity index (χ2n) is 4.55. The molecule has 7 heteroatoms. The van der Waals surface area contributed by atoms with Crippen LogP contribution in [0, 0.1) is 0 Å². The summed E-state index contributed by atoms with van der Waals surface area (Å²) < 4.78 is 5.55. The van der Waals surface area contributed by atoms with Crippen LogP contribution in [0.1, 0.15) is 42.5 Å². The van der Waals surface area contributed by atoms with E-state index in [9.17, 15) is 9.59 Å². The maximum absolute atomic E-state index is 11.4. The predicted molar refractivity (Wildman–Crippen MR) is 76.6 cm³/mol. The predicted octanol–water partition coefficient (Wildman–Crippen LogP) is 1.12. The Morgan fingerprint density at radius 2 is 1.95 bits per heavy atom. The highest BCUT2D eigenvalue weighted by Gasteiger charge is 2.04. The molecule has 21 heavy (non-hydrogen) atoms. The molecule has 5 N–H and O–H groups in total. The standard InChI is InChI=1S/C14H21N3O4/c15-16-14(19)11-6-5-7-12(10-11)21-9-4-2-1-3-8-13(18)17-20/h5-7,10,20H,1-4,8-9,15H2,(H,16,19)(H,17,18). The molecule has 0 aliphatic rings. The molecule has 0 spiro atoms. The van der Waals surface area contributed by atoms with Crippen molar-refractivity contribution in [2.45, 2.75) is 32.1 Å². The third kappa shape index (κ3) is 6.73. The summed E-state index contributed by atoms with van der Waals surface area (Å²) in [6.45, 7) is 0.542. The molecule has 0 fully saturated rings. The zero-order chi connectivity index (χ0) is 15.5. The minimum atomic E-state index is -0.360. The van der Waals surface area contributed by atoms with Crippen LogP contribution in [0.25, 0.3) is 0 Å². The second-order valence-corrected chi connectivity index (χ2v) is 4.55. The summed E-state index contributed by atoms with van der Waals surface area (Å²) in [5.74, 6) is 4.97. The van der Waals surface area contributed by atoms with Gasteiger partial charge in [-0.1, -0.05) is 18.9 Å². The Balaban J connectivity index is 2.18. The van der Waals surface area contributed by atoms with Gasteiger partial charge in [-0.25, -0.2) is 11.3 Å². The number of hydrogen-bond donors (Lipinski definition) is 4. The van der Waals surface area contributed by atoms with Crippen molar-refractivity contribution in [1.29, 1.82) is 0 Å². The van der Waals surface area contributed by atoms with E-state index < -0.39 is 0 Å². The first kappa shape index (κ1) is 16.9. The molecule has 116 valence electrons. The van der Waals surface area contributed by atoms with Crippen molar-refractivity contribution in [2.75, 3.05) is 6.61 Å². The quantitative estimate of drug-likeness (QED) is 0.179. The highest BCUT2D eigenvalue weighted by Crippen LogP contribution is 2.14. The van der Waals surface area contributed by atoms with Crippen molar-refractivity contribution in [3.63, 3.8) is 0 Å². The van der Waals surface area contributed by atoms with Gasteiger partial charge in [-0.05, 0) is 31.0 Å². The molecule has 0 aromatic heterocycles. The van der Waals surface area contributed by atoms with Crippen molar-refractivity contribution in [3.05, 3.63) is 29.8 Å². The molecule has 0 saturated carbocycles. The first-order chi connectivity index (χ1) is 10.2. The molecule has 1 aromatic rings. The molecular weight excluding hydrogens is 274 g/mol. The Hall–Kier alpha value is -2.12. The summed E-state index contributed by atoms with van der Waals surface area (Å²) in [7, 11) is 0. The van der Waals surface area contributed by atoms with Gasteiger partial charge < -0.3 is 4.74 Å². The third-order valence-electron chi connectivity index (χ3n) is 2.92. The zero-order valence-corrected chi connectivity index (χ0v) is 11.8. The number of rotatable bonds is 9. The lowest BCUT2D eigenvalue weighted by molar-refractivity contribution is -0.129. The molecule has 0 aliphatic carbocycles. The average Bonchev–Trinajstić information content (AvgIpc) is 2.53. The van der Waals surface area contributed by atoms with Crippen molar-refractivity contribution >= 4 is 11.8 Å². The van der Waals surface area contributed by atoms with E-state index in [2.05, 4.69) is 5.43 Å². The van der Waals surface area contributed by atoms with Crippen LogP contribution in [0.3, 0.4) is 0 Å². The summed E-state index contributed by atoms with van der Waals surface area (Å²) in [4.78, 5) is 22.1. The van der Waals surface area contributed by atoms with Gasteiger partial charge >= 0.3 is 0 Å². The maximum Gasteiger partial charge on any atom is 0.265 e. The molecule has 2 amide bonds. The highest BCUT2D eigenvalue weighted by atomic mass is 16.5. The normalized spacial score (nSPS) is 10.0. The lowest BCUT2D eigenvalue weighted by Gasteiger charge is -2.07. The number of benzene rings is 1. The largest absolute Gasteiger partial charge is 0.494 e. The van der Waals surface area contributed by atoms with Gasteiger partial charge in [-0.2, -0.15) is 0 Å². The van der Waals surface area contributed by atoms with E-state index in [1.807, 2.05) is 0 Å². The van der Waals surface area contributed by atoms with Gasteiger partial charge in [0.2, 0.25) is 5.91 Å². The lowest BCUT2D eigenvalue weighted by Crippen LogP contribution is -2.29. The Labute approximate surface area is 123 Å². The van der Waals surface area contributed by atoms with Crippen LogP contribution in [-0.4, -0.2) is 23.6 Å². The Bertz CT molecular complexity index is 465. The SMILES string of the molecule is NNC(=O)c1cccc(OCCCCCCC(=O)NO)c1. The molecule has 0 unspecified atom stereocenters. The number of unbranched alkanes of at least 4 members (excludes halogenated alkanes) is 3.